The standard InChI is InChI=1S/C6H12BO4PS/c1-4(6(9)10)5(8)2-3-11-13(7)12/h4-5,8,12H,2-3H2,1H3,(H,9,10)/q-1/t4-,5+/m0/s1. The van der Waals surface area contributed by atoms with E-state index in [9.17, 15) is 9.90 Å². The van der Waals surface area contributed by atoms with Crippen LogP contribution >= 0.6 is 8.02 Å². The molecule has 75 valence electrons. The number of hydrogen-bond donors (Lipinski definition) is 2. The summed E-state index contributed by atoms with van der Waals surface area (Å²) in [4.78, 5) is 10.4. The molecule has 2 N–H and O–H groups in total. The van der Waals surface area contributed by atoms with Crippen LogP contribution in [0.15, 0.2) is 0 Å². The van der Waals surface area contributed by atoms with E-state index in [2.05, 4.69) is 8.02 Å². The Morgan fingerprint density at radius 2 is 2.31 bits per heavy atom. The van der Waals surface area contributed by atoms with Crippen molar-refractivity contribution in [3.05, 3.63) is 0 Å². The summed E-state index contributed by atoms with van der Waals surface area (Å²) in [6, 6.07) is 0. The molecule has 1 radical (unpaired) electrons. The fraction of sp³-hybridized carbons (Fsp3) is 0.833. The predicted molar refractivity (Wildman–Crippen MR) is 54.8 cm³/mol. The van der Waals surface area contributed by atoms with Crippen molar-refractivity contribution in [2.24, 2.45) is 5.92 Å². The van der Waals surface area contributed by atoms with E-state index in [1.54, 1.807) is 0 Å². The molecule has 0 saturated carbocycles. The second-order valence-corrected chi connectivity index (χ2v) is 4.64. The zero-order valence-corrected chi connectivity index (χ0v) is 9.08. The zero-order chi connectivity index (χ0) is 10.4. The molecular formula is C6H12BO4PS-. The summed E-state index contributed by atoms with van der Waals surface area (Å²) in [6.45, 7) is 6.92. The summed E-state index contributed by atoms with van der Waals surface area (Å²) in [7, 11) is 2.21. The van der Waals surface area contributed by atoms with Gasteiger partial charge >= 0.3 is 81.7 Å². The van der Waals surface area contributed by atoms with Gasteiger partial charge in [0.25, 0.3) is 0 Å². The SMILES string of the molecule is [B]=[S-](=P)OCC[C@@H](O)[C@H](C)C(=O)O. The van der Waals surface area contributed by atoms with E-state index in [0.29, 0.717) is 0 Å². The van der Waals surface area contributed by atoms with Crippen molar-refractivity contribution in [3.63, 3.8) is 0 Å². The molecule has 0 rings (SSSR count). The maximum atomic E-state index is 10.4. The van der Waals surface area contributed by atoms with Crippen LogP contribution in [0.1, 0.15) is 13.3 Å². The average molecular weight is 222 g/mol. The number of aliphatic hydroxyl groups excluding tert-OH is 1. The van der Waals surface area contributed by atoms with Crippen LogP contribution in [0.3, 0.4) is 0 Å². The Bertz CT molecular complexity index is 235. The average Bonchev–Trinajstić information content (AvgIpc) is 2.02. The van der Waals surface area contributed by atoms with Gasteiger partial charge in [-0.2, -0.15) is 0 Å². The van der Waals surface area contributed by atoms with Crippen LogP contribution in [-0.4, -0.2) is 35.6 Å². The fourth-order valence-corrected chi connectivity index (χ4v) is 1.20. The summed E-state index contributed by atoms with van der Waals surface area (Å²) in [5.41, 5.74) is 0. The molecule has 0 saturated heterocycles. The minimum absolute atomic E-state index is 0.238. The van der Waals surface area contributed by atoms with E-state index in [1.165, 1.54) is 6.92 Å². The van der Waals surface area contributed by atoms with Gasteiger partial charge in [0, 0.05) is 0 Å². The third-order valence-corrected chi connectivity index (χ3v) is 2.36. The molecule has 0 aliphatic heterocycles. The van der Waals surface area contributed by atoms with Crippen LogP contribution in [-0.2, 0) is 18.8 Å². The first-order valence-corrected chi connectivity index (χ1v) is 6.13. The van der Waals surface area contributed by atoms with Gasteiger partial charge in [-0.25, -0.2) is 0 Å². The molecule has 4 nitrogen and oxygen atoms in total. The summed E-state index contributed by atoms with van der Waals surface area (Å²) in [5, 5.41) is 17.8. The van der Waals surface area contributed by atoms with Crippen molar-refractivity contribution in [2.75, 3.05) is 6.61 Å². The fourth-order valence-electron chi connectivity index (χ4n) is 0.673. The van der Waals surface area contributed by atoms with Crippen molar-refractivity contribution < 1.29 is 19.2 Å². The summed E-state index contributed by atoms with van der Waals surface area (Å²) < 4.78 is 4.91. The number of aliphatic carboxylic acids is 1. The number of carboxylic acid groups (broad SMARTS) is 1. The quantitative estimate of drug-likeness (QED) is 0.381. The van der Waals surface area contributed by atoms with Gasteiger partial charge in [0.2, 0.25) is 0 Å². The van der Waals surface area contributed by atoms with Gasteiger partial charge in [0.1, 0.15) is 0 Å². The minimum atomic E-state index is -1.02. The Morgan fingerprint density at radius 1 is 1.77 bits per heavy atom. The summed E-state index contributed by atoms with van der Waals surface area (Å²) in [5.74, 6) is -1.80. The molecule has 0 heterocycles. The second kappa shape index (κ2) is 6.54. The molecule has 0 unspecified atom stereocenters. The molecule has 7 heteroatoms. The number of carbonyl (C=O) groups is 1. The molecular weight excluding hydrogens is 210 g/mol. The zero-order valence-electron chi connectivity index (χ0n) is 7.27. The monoisotopic (exact) mass is 222 g/mol. The third-order valence-electron chi connectivity index (χ3n) is 1.59. The van der Waals surface area contributed by atoms with Crippen molar-refractivity contribution >= 4 is 30.5 Å². The van der Waals surface area contributed by atoms with E-state index in [0.717, 1.165) is 0 Å². The Labute approximate surface area is 82.2 Å². The molecule has 0 aromatic rings. The molecule has 0 bridgehead atoms. The van der Waals surface area contributed by atoms with Crippen LogP contribution in [0.25, 0.3) is 0 Å². The molecule has 0 aliphatic rings. The molecule has 0 aliphatic carbocycles. The van der Waals surface area contributed by atoms with Gasteiger partial charge < -0.3 is 0 Å². The molecule has 13 heavy (non-hydrogen) atoms. The van der Waals surface area contributed by atoms with Crippen molar-refractivity contribution in [2.45, 2.75) is 19.4 Å². The van der Waals surface area contributed by atoms with Gasteiger partial charge in [-0.05, 0) is 0 Å². The van der Waals surface area contributed by atoms with E-state index in [4.69, 9.17) is 16.0 Å². The Kier molecular flexibility index (Phi) is 6.60. The number of carboxylic acids is 1. The van der Waals surface area contributed by atoms with Crippen molar-refractivity contribution in [3.8, 4) is 0 Å². The van der Waals surface area contributed by atoms with Crippen LogP contribution in [0.4, 0.5) is 0 Å². The topological polar surface area (TPSA) is 66.8 Å². The third kappa shape index (κ3) is 6.21. The van der Waals surface area contributed by atoms with Gasteiger partial charge in [-0.3, -0.25) is 0 Å². The first-order valence-electron chi connectivity index (χ1n) is 3.69. The van der Waals surface area contributed by atoms with E-state index >= 15 is 0 Å². The van der Waals surface area contributed by atoms with E-state index < -0.39 is 27.8 Å². The van der Waals surface area contributed by atoms with Crippen LogP contribution in [0.2, 0.25) is 0 Å². The first-order chi connectivity index (χ1) is 5.95. The molecule has 0 spiro atoms. The van der Waals surface area contributed by atoms with Crippen LogP contribution < -0.4 is 0 Å². The van der Waals surface area contributed by atoms with Gasteiger partial charge in [-0.1, -0.05) is 0 Å². The first kappa shape index (κ1) is 13.1. The number of aliphatic hydroxyl groups is 1. The Balaban J connectivity index is 3.73. The van der Waals surface area contributed by atoms with Crippen LogP contribution in [0, 0.1) is 5.92 Å². The second-order valence-electron chi connectivity index (χ2n) is 2.60. The molecule has 0 fully saturated rings. The Morgan fingerprint density at radius 3 is 2.69 bits per heavy atom. The molecule has 0 aromatic heterocycles. The molecule has 0 aromatic carbocycles. The van der Waals surface area contributed by atoms with Gasteiger partial charge in [0.15, 0.2) is 0 Å². The summed E-state index contributed by atoms with van der Waals surface area (Å²) >= 11 is 0. The Hall–Kier alpha value is 0.105. The van der Waals surface area contributed by atoms with Crippen molar-refractivity contribution in [1.82, 2.24) is 0 Å². The number of rotatable bonds is 6. The van der Waals surface area contributed by atoms with Crippen LogP contribution in [0.5, 0.6) is 0 Å². The van der Waals surface area contributed by atoms with Crippen molar-refractivity contribution in [1.29, 1.82) is 0 Å². The molecule has 0 amide bonds. The van der Waals surface area contributed by atoms with Gasteiger partial charge in [-0.15, -0.1) is 0 Å². The predicted octanol–water partition coefficient (Wildman–Crippen LogP) is 0.149. The van der Waals surface area contributed by atoms with E-state index in [1.807, 2.05) is 0 Å². The normalized spacial score (nSPS) is 15.5. The van der Waals surface area contributed by atoms with E-state index in [-0.39, 0.29) is 13.0 Å². The summed E-state index contributed by atoms with van der Waals surface area (Å²) in [6.07, 6.45) is -0.633. The number of hydrogen-bond acceptors (Lipinski definition) is 4. The molecule has 2 atom stereocenters. The maximum absolute atomic E-state index is 10.4. The van der Waals surface area contributed by atoms with Gasteiger partial charge in [0.05, 0.1) is 0 Å².